The summed E-state index contributed by atoms with van der Waals surface area (Å²) in [7, 11) is 0. The zero-order chi connectivity index (χ0) is 23.8. The molecular weight excluding hydrogens is 447 g/mol. The number of rotatable bonds is 1. The van der Waals surface area contributed by atoms with E-state index in [0.29, 0.717) is 16.6 Å². The average Bonchev–Trinajstić information content (AvgIpc) is 3.21. The summed E-state index contributed by atoms with van der Waals surface area (Å²) in [6, 6.07) is -0.0754. The van der Waals surface area contributed by atoms with Gasteiger partial charge in [-0.15, -0.1) is 0 Å². The minimum atomic E-state index is -1.70. The molecule has 34 heavy (non-hydrogen) atoms. The van der Waals surface area contributed by atoms with Gasteiger partial charge in [-0.25, -0.2) is 9.18 Å². The first-order valence-corrected chi connectivity index (χ1v) is 10.8. The number of hydrogen-bond acceptors (Lipinski definition) is 9. The second kappa shape index (κ2) is 7.03. The number of aromatic nitrogens is 3. The molecule has 0 radical (unpaired) electrons. The van der Waals surface area contributed by atoms with E-state index in [0.717, 1.165) is 0 Å². The van der Waals surface area contributed by atoms with E-state index in [1.54, 1.807) is 17.9 Å². The standard InChI is InChI=1S/C22H19FN6O5/c1-9-8-29-16-11(5-12-15(13-7-24-3-4-25-13)28-34-17(12)14(16)23)6-22(18(29)10(2)33-9)19(30)26-21(32)27-20(22)31/h3-5,7,9-10,18H,6,8H2,1-2H3,(H2,26,27,30,31,32)/t9-,10-,18+/m1/s1. The molecule has 12 heteroatoms. The fraction of sp³-hybridized carbons (Fsp3) is 0.364. The van der Waals surface area contributed by atoms with Gasteiger partial charge >= 0.3 is 6.03 Å². The first-order valence-electron chi connectivity index (χ1n) is 10.8. The molecule has 0 saturated carbocycles. The Morgan fingerprint density at radius 3 is 2.65 bits per heavy atom. The summed E-state index contributed by atoms with van der Waals surface area (Å²) in [6.45, 7) is 3.79. The van der Waals surface area contributed by atoms with Crippen LogP contribution in [0.3, 0.4) is 0 Å². The average molecular weight is 466 g/mol. The largest absolute Gasteiger partial charge is 0.372 e. The SMILES string of the molecule is C[C@@H]1CN2c3c(cc4c(-c5cnccn5)noc4c3F)CC3(C(=O)NC(=O)NC3=O)[C@@H]2[C@@H](C)O1. The van der Waals surface area contributed by atoms with Crippen molar-refractivity contribution in [2.24, 2.45) is 5.41 Å². The second-order valence-corrected chi connectivity index (χ2v) is 8.83. The van der Waals surface area contributed by atoms with Gasteiger partial charge in [0, 0.05) is 25.4 Å². The number of carbonyl (C=O) groups is 3. The lowest BCUT2D eigenvalue weighted by Crippen LogP contribution is -2.75. The van der Waals surface area contributed by atoms with E-state index in [1.165, 1.54) is 18.6 Å². The van der Waals surface area contributed by atoms with Crippen LogP contribution >= 0.6 is 0 Å². The number of benzene rings is 1. The van der Waals surface area contributed by atoms with Gasteiger partial charge in [0.25, 0.3) is 0 Å². The third-order valence-corrected chi connectivity index (χ3v) is 6.77. The highest BCUT2D eigenvalue weighted by atomic mass is 19.1. The maximum absolute atomic E-state index is 16.0. The summed E-state index contributed by atoms with van der Waals surface area (Å²) < 4.78 is 27.3. The molecular formula is C22H19FN6O5. The van der Waals surface area contributed by atoms with Crippen LogP contribution in [0, 0.1) is 11.2 Å². The quantitative estimate of drug-likeness (QED) is 0.508. The Hall–Kier alpha value is -3.93. The summed E-state index contributed by atoms with van der Waals surface area (Å²) in [5.74, 6) is -2.14. The van der Waals surface area contributed by atoms with Crippen LogP contribution in [0.5, 0.6) is 0 Å². The van der Waals surface area contributed by atoms with E-state index in [-0.39, 0.29) is 36.0 Å². The van der Waals surface area contributed by atoms with E-state index >= 15 is 4.39 Å². The van der Waals surface area contributed by atoms with Gasteiger partial charge in [-0.2, -0.15) is 0 Å². The molecule has 0 unspecified atom stereocenters. The molecule has 1 spiro atoms. The molecule has 3 aliphatic rings. The van der Waals surface area contributed by atoms with Gasteiger partial charge < -0.3 is 14.2 Å². The molecule has 0 aliphatic carbocycles. The number of amides is 4. The number of fused-ring (bicyclic) bond motifs is 5. The number of morpholine rings is 1. The Balaban J connectivity index is 1.61. The molecule has 11 nitrogen and oxygen atoms in total. The number of anilines is 1. The van der Waals surface area contributed by atoms with Crippen molar-refractivity contribution in [2.45, 2.75) is 38.5 Å². The van der Waals surface area contributed by atoms with Crippen LogP contribution < -0.4 is 15.5 Å². The molecule has 0 bridgehead atoms. The number of imide groups is 2. The summed E-state index contributed by atoms with van der Waals surface area (Å²) in [6.07, 6.45) is 3.40. The third-order valence-electron chi connectivity index (χ3n) is 6.77. The Morgan fingerprint density at radius 2 is 1.94 bits per heavy atom. The Labute approximate surface area is 191 Å². The number of nitrogens with one attached hydrogen (secondary N) is 2. The molecule has 2 N–H and O–H groups in total. The number of nitrogens with zero attached hydrogens (tertiary/aromatic N) is 4. The van der Waals surface area contributed by atoms with Gasteiger partial charge in [0.2, 0.25) is 17.4 Å². The molecule has 3 aromatic rings. The van der Waals surface area contributed by atoms with Crippen LogP contribution in [-0.4, -0.2) is 57.8 Å². The number of carbonyl (C=O) groups excluding carboxylic acids is 3. The van der Waals surface area contributed by atoms with Gasteiger partial charge in [0.15, 0.2) is 11.2 Å². The van der Waals surface area contributed by atoms with Crippen LogP contribution in [0.2, 0.25) is 0 Å². The topological polar surface area (TPSA) is 140 Å². The van der Waals surface area contributed by atoms with Gasteiger partial charge in [0.05, 0.1) is 35.5 Å². The summed E-state index contributed by atoms with van der Waals surface area (Å²) in [5, 5.41) is 8.78. The molecule has 2 fully saturated rings. The fourth-order valence-corrected chi connectivity index (χ4v) is 5.55. The molecule has 2 aromatic heterocycles. The predicted molar refractivity (Wildman–Crippen MR) is 114 cm³/mol. The Morgan fingerprint density at radius 1 is 1.18 bits per heavy atom. The predicted octanol–water partition coefficient (Wildman–Crippen LogP) is 1.31. The van der Waals surface area contributed by atoms with Crippen LogP contribution in [-0.2, 0) is 20.7 Å². The van der Waals surface area contributed by atoms with Crippen LogP contribution in [0.15, 0.2) is 29.2 Å². The molecule has 3 atom stereocenters. The van der Waals surface area contributed by atoms with E-state index in [2.05, 4.69) is 25.8 Å². The van der Waals surface area contributed by atoms with Crippen LogP contribution in [0.1, 0.15) is 19.4 Å². The lowest BCUT2D eigenvalue weighted by atomic mass is 9.66. The van der Waals surface area contributed by atoms with Gasteiger partial charge in [-0.3, -0.25) is 30.2 Å². The van der Waals surface area contributed by atoms with Crippen molar-refractivity contribution in [3.8, 4) is 11.4 Å². The minimum absolute atomic E-state index is 0.0615. The van der Waals surface area contributed by atoms with Crippen LogP contribution in [0.4, 0.5) is 14.9 Å². The number of hydrogen-bond donors (Lipinski definition) is 2. The molecule has 4 amide bonds. The van der Waals surface area contributed by atoms with E-state index < -0.39 is 41.2 Å². The van der Waals surface area contributed by atoms with Gasteiger partial charge in [-0.05, 0) is 25.5 Å². The van der Waals surface area contributed by atoms with Gasteiger partial charge in [0.1, 0.15) is 11.4 Å². The van der Waals surface area contributed by atoms with Crippen molar-refractivity contribution in [1.29, 1.82) is 0 Å². The van der Waals surface area contributed by atoms with Crippen molar-refractivity contribution in [1.82, 2.24) is 25.8 Å². The van der Waals surface area contributed by atoms with Crippen molar-refractivity contribution in [2.75, 3.05) is 11.4 Å². The van der Waals surface area contributed by atoms with E-state index in [1.807, 2.05) is 6.92 Å². The monoisotopic (exact) mass is 466 g/mol. The zero-order valence-electron chi connectivity index (χ0n) is 18.2. The van der Waals surface area contributed by atoms with Crippen molar-refractivity contribution < 1.29 is 28.0 Å². The maximum Gasteiger partial charge on any atom is 0.328 e. The van der Waals surface area contributed by atoms with Crippen molar-refractivity contribution >= 4 is 34.5 Å². The summed E-state index contributed by atoms with van der Waals surface area (Å²) in [5.41, 5.74) is -0.452. The number of ether oxygens (including phenoxy) is 1. The molecule has 174 valence electrons. The normalized spacial score (nSPS) is 25.7. The minimum Gasteiger partial charge on any atom is -0.372 e. The van der Waals surface area contributed by atoms with Crippen molar-refractivity contribution in [3.63, 3.8) is 0 Å². The zero-order valence-corrected chi connectivity index (χ0v) is 18.2. The fourth-order valence-electron chi connectivity index (χ4n) is 5.55. The highest BCUT2D eigenvalue weighted by Crippen LogP contribution is 2.49. The Kier molecular flexibility index (Phi) is 4.27. The van der Waals surface area contributed by atoms with E-state index in [9.17, 15) is 14.4 Å². The van der Waals surface area contributed by atoms with Crippen molar-refractivity contribution in [3.05, 3.63) is 36.0 Å². The Bertz CT molecular complexity index is 1360. The molecule has 5 heterocycles. The van der Waals surface area contributed by atoms with E-state index in [4.69, 9.17) is 9.26 Å². The van der Waals surface area contributed by atoms with Crippen LogP contribution in [0.25, 0.3) is 22.4 Å². The number of urea groups is 1. The number of halogens is 1. The lowest BCUT2D eigenvalue weighted by molar-refractivity contribution is -0.153. The first-order chi connectivity index (χ1) is 16.3. The smallest absolute Gasteiger partial charge is 0.328 e. The summed E-state index contributed by atoms with van der Waals surface area (Å²) in [4.78, 5) is 48.3. The highest BCUT2D eigenvalue weighted by molar-refractivity contribution is 6.20. The molecule has 1 aromatic carbocycles. The summed E-state index contributed by atoms with van der Waals surface area (Å²) >= 11 is 0. The third kappa shape index (κ3) is 2.65. The molecule has 6 rings (SSSR count). The first kappa shape index (κ1) is 20.7. The molecule has 3 aliphatic heterocycles. The molecule has 2 saturated heterocycles. The second-order valence-electron chi connectivity index (χ2n) is 8.83. The lowest BCUT2D eigenvalue weighted by Gasteiger charge is -2.55. The van der Waals surface area contributed by atoms with Gasteiger partial charge in [-0.1, -0.05) is 5.16 Å². The number of barbiturate groups is 1. The maximum atomic E-state index is 16.0. The highest BCUT2D eigenvalue weighted by Gasteiger charge is 2.63.